The van der Waals surface area contributed by atoms with Gasteiger partial charge in [0.15, 0.2) is 23.1 Å². The monoisotopic (exact) mass is 499 g/mol. The number of Topliss-reactive ketones (excluding diaryl/α,β-unsaturated/α-hetero) is 1. The van der Waals surface area contributed by atoms with Crippen LogP contribution >= 0.6 is 15.9 Å². The van der Waals surface area contributed by atoms with Gasteiger partial charge in [0.2, 0.25) is 11.8 Å². The number of para-hydroxylation sites is 1. The fourth-order valence-corrected chi connectivity index (χ4v) is 6.15. The zero-order valence-electron chi connectivity index (χ0n) is 17.1. The summed E-state index contributed by atoms with van der Waals surface area (Å²) in [5.41, 5.74) is 1.29. The van der Waals surface area contributed by atoms with Gasteiger partial charge in [0.25, 0.3) is 0 Å². The zero-order valence-corrected chi connectivity index (χ0v) is 18.7. The van der Waals surface area contributed by atoms with E-state index in [-0.39, 0.29) is 51.8 Å². The highest BCUT2D eigenvalue weighted by molar-refractivity contribution is 9.12. The Balaban J connectivity index is 1.73. The number of ketones is 2. The molecule has 1 aromatic carbocycles. The molecule has 164 valence electrons. The molecule has 4 atom stereocenters. The summed E-state index contributed by atoms with van der Waals surface area (Å²) in [5.74, 6) is -5.24. The normalized spacial score (nSPS) is 29.5. The first kappa shape index (κ1) is 21.0. The number of hydrogen-bond acceptors (Lipinski definition) is 5. The predicted molar refractivity (Wildman–Crippen MR) is 115 cm³/mol. The highest BCUT2D eigenvalue weighted by Crippen LogP contribution is 2.56. The van der Waals surface area contributed by atoms with Crippen molar-refractivity contribution < 1.29 is 28.7 Å². The van der Waals surface area contributed by atoms with Crippen LogP contribution in [-0.4, -0.2) is 39.9 Å². The number of likely N-dealkylation sites (tertiary alicyclic amines) is 1. The van der Waals surface area contributed by atoms with Gasteiger partial charge in [0.05, 0.1) is 16.3 Å². The van der Waals surface area contributed by atoms with Gasteiger partial charge < -0.3 is 5.11 Å². The number of benzene rings is 1. The third kappa shape index (κ3) is 2.75. The quantitative estimate of drug-likeness (QED) is 0.382. The third-order valence-corrected chi connectivity index (χ3v) is 7.66. The van der Waals surface area contributed by atoms with Crippen LogP contribution in [0.3, 0.4) is 0 Å². The van der Waals surface area contributed by atoms with Gasteiger partial charge in [-0.05, 0) is 47.7 Å². The fourth-order valence-electron chi connectivity index (χ4n) is 5.70. The molecule has 8 heteroatoms. The lowest BCUT2D eigenvalue weighted by molar-refractivity contribution is -0.139. The van der Waals surface area contributed by atoms with Gasteiger partial charge in [0, 0.05) is 35.2 Å². The molecule has 1 aliphatic heterocycles. The van der Waals surface area contributed by atoms with Crippen molar-refractivity contribution in [3.8, 4) is 5.75 Å². The lowest BCUT2D eigenvalue weighted by Crippen LogP contribution is -2.39. The molecule has 3 aliphatic carbocycles. The number of fused-ring (bicyclic) bond motifs is 3. The van der Waals surface area contributed by atoms with Crippen LogP contribution in [0.2, 0.25) is 0 Å². The lowest BCUT2D eigenvalue weighted by Gasteiger charge is -2.42. The topological polar surface area (TPSA) is 91.8 Å². The van der Waals surface area contributed by atoms with Gasteiger partial charge in [-0.3, -0.25) is 24.1 Å². The standard InChI is InChI=1S/C24H19BrFNO5/c1-2-27-23(31)12-7-6-10-13(19(12)24(27)32)8-14-20(17(28)9-15(25)21(14)29)18(10)11-4-3-5-16(26)22(11)30/h3-6,9,12-13,18-19,30H,2,7-8H2,1H3. The maximum absolute atomic E-state index is 14.3. The molecule has 1 aromatic rings. The Morgan fingerprint density at radius 1 is 1.16 bits per heavy atom. The highest BCUT2D eigenvalue weighted by atomic mass is 79.9. The van der Waals surface area contributed by atoms with E-state index in [1.54, 1.807) is 6.92 Å². The molecule has 1 fully saturated rings. The molecular formula is C24H19BrFNO5. The summed E-state index contributed by atoms with van der Waals surface area (Å²) in [6.07, 6.45) is 3.48. The van der Waals surface area contributed by atoms with E-state index in [2.05, 4.69) is 15.9 Å². The first-order valence-electron chi connectivity index (χ1n) is 10.5. The summed E-state index contributed by atoms with van der Waals surface area (Å²) in [4.78, 5) is 53.2. The highest BCUT2D eigenvalue weighted by Gasteiger charge is 2.56. The second-order valence-corrected chi connectivity index (χ2v) is 9.35. The van der Waals surface area contributed by atoms with E-state index in [1.807, 2.05) is 6.08 Å². The lowest BCUT2D eigenvalue weighted by atomic mass is 9.59. The molecule has 1 saturated heterocycles. The van der Waals surface area contributed by atoms with Crippen molar-refractivity contribution in [1.82, 2.24) is 4.90 Å². The van der Waals surface area contributed by atoms with Crippen LogP contribution in [0, 0.1) is 23.6 Å². The summed E-state index contributed by atoms with van der Waals surface area (Å²) >= 11 is 3.15. The maximum atomic E-state index is 14.3. The molecule has 2 amide bonds. The van der Waals surface area contributed by atoms with Gasteiger partial charge in [0.1, 0.15) is 0 Å². The zero-order chi connectivity index (χ0) is 22.9. The average Bonchev–Trinajstić information content (AvgIpc) is 3.02. The minimum Gasteiger partial charge on any atom is -0.505 e. The summed E-state index contributed by atoms with van der Waals surface area (Å²) in [6, 6.07) is 4.07. The van der Waals surface area contributed by atoms with E-state index in [4.69, 9.17) is 0 Å². The molecule has 0 radical (unpaired) electrons. The number of imide groups is 1. The van der Waals surface area contributed by atoms with Crippen LogP contribution in [0.5, 0.6) is 5.75 Å². The molecule has 0 bridgehead atoms. The van der Waals surface area contributed by atoms with Crippen LogP contribution in [0.1, 0.15) is 31.2 Å². The predicted octanol–water partition coefficient (Wildman–Crippen LogP) is 3.31. The van der Waals surface area contributed by atoms with E-state index in [9.17, 15) is 28.7 Å². The van der Waals surface area contributed by atoms with Crippen LogP contribution in [-0.2, 0) is 19.2 Å². The number of amides is 2. The van der Waals surface area contributed by atoms with Crippen LogP contribution < -0.4 is 0 Å². The second-order valence-electron chi connectivity index (χ2n) is 8.49. The van der Waals surface area contributed by atoms with E-state index >= 15 is 0 Å². The SMILES string of the molecule is CCN1C(=O)C2CC=C3C(c4cccc(F)c4O)C4=C(CC3C2C1=O)C(=O)C(Br)=CC4=O. The number of hydrogen-bond donors (Lipinski definition) is 1. The fraction of sp³-hybridized carbons (Fsp3) is 0.333. The molecule has 4 unspecified atom stereocenters. The Hall–Kier alpha value is -2.87. The van der Waals surface area contributed by atoms with Crippen LogP contribution in [0.25, 0.3) is 0 Å². The summed E-state index contributed by atoms with van der Waals surface area (Å²) in [5, 5.41) is 10.5. The van der Waals surface area contributed by atoms with Gasteiger partial charge >= 0.3 is 0 Å². The van der Waals surface area contributed by atoms with Gasteiger partial charge in [-0.2, -0.15) is 0 Å². The van der Waals surface area contributed by atoms with E-state index < -0.39 is 41.0 Å². The molecule has 32 heavy (non-hydrogen) atoms. The number of phenolic OH excluding ortho intramolecular Hbond substituents is 1. The van der Waals surface area contributed by atoms with Crippen molar-refractivity contribution in [2.24, 2.45) is 17.8 Å². The van der Waals surface area contributed by atoms with Crippen molar-refractivity contribution in [2.75, 3.05) is 6.54 Å². The minimum atomic E-state index is -0.868. The van der Waals surface area contributed by atoms with Crippen molar-refractivity contribution in [3.05, 3.63) is 62.9 Å². The Morgan fingerprint density at radius 2 is 1.91 bits per heavy atom. The molecule has 1 N–H and O–H groups in total. The van der Waals surface area contributed by atoms with Crippen molar-refractivity contribution in [2.45, 2.75) is 25.7 Å². The molecule has 0 saturated carbocycles. The number of halogens is 2. The third-order valence-electron chi connectivity index (χ3n) is 7.07. The van der Waals surface area contributed by atoms with Crippen LogP contribution in [0.4, 0.5) is 4.39 Å². The van der Waals surface area contributed by atoms with E-state index in [0.717, 1.165) is 6.07 Å². The van der Waals surface area contributed by atoms with Crippen molar-refractivity contribution >= 4 is 39.3 Å². The van der Waals surface area contributed by atoms with Gasteiger partial charge in [-0.25, -0.2) is 4.39 Å². The number of aromatic hydroxyl groups is 1. The Kier molecular flexibility index (Phi) is 4.81. The van der Waals surface area contributed by atoms with Gasteiger partial charge in [-0.1, -0.05) is 23.8 Å². The van der Waals surface area contributed by atoms with Crippen molar-refractivity contribution in [3.63, 3.8) is 0 Å². The smallest absolute Gasteiger partial charge is 0.233 e. The molecular weight excluding hydrogens is 481 g/mol. The van der Waals surface area contributed by atoms with E-state index in [1.165, 1.54) is 23.1 Å². The Labute approximate surface area is 191 Å². The minimum absolute atomic E-state index is 0.118. The summed E-state index contributed by atoms with van der Waals surface area (Å²) < 4.78 is 14.4. The molecule has 5 rings (SSSR count). The van der Waals surface area contributed by atoms with Gasteiger partial charge in [-0.15, -0.1) is 0 Å². The first-order valence-corrected chi connectivity index (χ1v) is 11.3. The number of allylic oxidation sites excluding steroid dienone is 6. The number of carbonyl (C=O) groups excluding carboxylic acids is 4. The molecule has 4 aliphatic rings. The molecule has 0 aromatic heterocycles. The Bertz CT molecular complexity index is 1210. The number of carbonyl (C=O) groups is 4. The summed E-state index contributed by atoms with van der Waals surface area (Å²) in [7, 11) is 0. The molecule has 6 nitrogen and oxygen atoms in total. The first-order chi connectivity index (χ1) is 15.3. The van der Waals surface area contributed by atoms with E-state index in [0.29, 0.717) is 12.0 Å². The molecule has 1 heterocycles. The largest absolute Gasteiger partial charge is 0.505 e. The second kappa shape index (κ2) is 7.33. The molecule has 0 spiro atoms. The van der Waals surface area contributed by atoms with Crippen molar-refractivity contribution in [1.29, 1.82) is 0 Å². The summed E-state index contributed by atoms with van der Waals surface area (Å²) in [6.45, 7) is 2.00. The average molecular weight is 500 g/mol. The number of nitrogens with zero attached hydrogens (tertiary/aromatic N) is 1. The maximum Gasteiger partial charge on any atom is 0.233 e. The van der Waals surface area contributed by atoms with Crippen LogP contribution in [0.15, 0.2) is 51.6 Å². The number of rotatable bonds is 2. The number of phenols is 1. The Morgan fingerprint density at radius 3 is 2.62 bits per heavy atom.